The number of ether oxygens (including phenoxy) is 2. The molecule has 2 atom stereocenters. The van der Waals surface area contributed by atoms with E-state index in [1.807, 2.05) is 68.5 Å². The van der Waals surface area contributed by atoms with Crippen molar-refractivity contribution in [3.8, 4) is 0 Å². The Balaban J connectivity index is 0.00000242. The van der Waals surface area contributed by atoms with Crippen molar-refractivity contribution < 1.29 is 18.3 Å². The van der Waals surface area contributed by atoms with Gasteiger partial charge >= 0.3 is 0 Å². The molecule has 3 aromatic heterocycles. The number of aromatic nitrogens is 4. The molecule has 0 fully saturated rings. The van der Waals surface area contributed by atoms with E-state index < -0.39 is 0 Å². The number of fused-ring (bicyclic) bond motifs is 8. The summed E-state index contributed by atoms with van der Waals surface area (Å²) in [6, 6.07) is 14.2. The average Bonchev–Trinajstić information content (AvgIpc) is 3.73. The summed E-state index contributed by atoms with van der Waals surface area (Å²) in [5, 5.41) is 0. The fourth-order valence-electron chi connectivity index (χ4n) is 4.89. The van der Waals surface area contributed by atoms with Crippen LogP contribution in [-0.4, -0.2) is 112 Å². The Hall–Kier alpha value is -1.62. The molecule has 5 rings (SSSR count). The second kappa shape index (κ2) is 17.0. The van der Waals surface area contributed by atoms with Crippen LogP contribution in [0.1, 0.15) is 74.0 Å². The van der Waals surface area contributed by atoms with Gasteiger partial charge in [0, 0.05) is 106 Å². The quantitative estimate of drug-likeness (QED) is 0.134. The third kappa shape index (κ3) is 9.19. The van der Waals surface area contributed by atoms with Crippen LogP contribution in [0.4, 0.5) is 8.78 Å². The summed E-state index contributed by atoms with van der Waals surface area (Å²) in [5.41, 5.74) is 8.94. The van der Waals surface area contributed by atoms with Crippen LogP contribution in [0.5, 0.6) is 0 Å². The maximum atomic E-state index is 12.6. The molecule has 2 N–H and O–H groups in total. The Kier molecular flexibility index (Phi) is 14.1. The number of hydrogen-bond acceptors (Lipinski definition) is 4. The van der Waals surface area contributed by atoms with Crippen LogP contribution < -0.4 is 0 Å². The zero-order chi connectivity index (χ0) is 27.9. The van der Waals surface area contributed by atoms with Crippen LogP contribution in [-0.2, 0) is 9.47 Å². The summed E-state index contributed by atoms with van der Waals surface area (Å²) in [6.45, 7) is 4.32. The van der Waals surface area contributed by atoms with E-state index in [0.29, 0.717) is 38.9 Å². The minimum Gasteiger partial charge on any atom is -0.374 e. The predicted molar refractivity (Wildman–Crippen MR) is 170 cm³/mol. The molecule has 0 saturated carbocycles. The van der Waals surface area contributed by atoms with Crippen molar-refractivity contribution in [2.24, 2.45) is 0 Å². The zero-order valence-corrected chi connectivity index (χ0v) is 29.1. The van der Waals surface area contributed by atoms with Crippen molar-refractivity contribution >= 4 is 105 Å². The number of halogens is 2. The SMILES string of the molecule is CC(OCCCCF)C1=Cc2cc3[nH]c(cc4nc(cc5ccc(cc1n2)[nH]5)C=C4)cc3C(C)OCCCCF.[Na].[Na]. The molecule has 0 saturated heterocycles. The largest absolute Gasteiger partial charge is 0.374 e. The van der Waals surface area contributed by atoms with Crippen molar-refractivity contribution in [2.75, 3.05) is 26.6 Å². The Bertz CT molecular complexity index is 1550. The first-order valence-electron chi connectivity index (χ1n) is 14.0. The molecule has 5 heterocycles. The molecule has 42 heavy (non-hydrogen) atoms. The van der Waals surface area contributed by atoms with Crippen LogP contribution in [0, 0.1) is 0 Å². The average molecular weight is 593 g/mol. The molecule has 0 spiro atoms. The molecule has 2 radical (unpaired) electrons. The first kappa shape index (κ1) is 34.9. The van der Waals surface area contributed by atoms with E-state index in [9.17, 15) is 8.78 Å². The van der Waals surface area contributed by atoms with Gasteiger partial charge in [-0.2, -0.15) is 0 Å². The van der Waals surface area contributed by atoms with Crippen LogP contribution in [0.15, 0.2) is 42.5 Å². The van der Waals surface area contributed by atoms with Gasteiger partial charge in [0.1, 0.15) is 0 Å². The van der Waals surface area contributed by atoms with Crippen LogP contribution >= 0.6 is 0 Å². The van der Waals surface area contributed by atoms with Crippen molar-refractivity contribution in [3.63, 3.8) is 0 Å². The Morgan fingerprint density at radius 2 is 1.31 bits per heavy atom. The molecule has 2 aliphatic heterocycles. The first-order valence-corrected chi connectivity index (χ1v) is 14.0. The molecular formula is C32H36F2N4Na2O2. The Morgan fingerprint density at radius 3 is 1.98 bits per heavy atom. The van der Waals surface area contributed by atoms with E-state index >= 15 is 0 Å². The van der Waals surface area contributed by atoms with Gasteiger partial charge in [-0.3, -0.25) is 8.78 Å². The van der Waals surface area contributed by atoms with Crippen molar-refractivity contribution in [2.45, 2.75) is 51.7 Å². The number of alkyl halides is 2. The first-order chi connectivity index (χ1) is 19.5. The standard InChI is InChI=1S/C32H36F2N4O2.2Na/c1-21(39-13-5-3-11-33)29-17-27-16-25-8-7-23(35-25)15-24-9-10-26(36-24)19-31-30(22(2)40-14-6-4-12-34)18-28(38-31)20-32(29)37-27;;/h7-10,15-22,36-37H,3-6,11-14H2,1-2H3;;. The van der Waals surface area contributed by atoms with Crippen molar-refractivity contribution in [1.29, 1.82) is 0 Å². The van der Waals surface area contributed by atoms with Crippen molar-refractivity contribution in [1.82, 2.24) is 19.9 Å². The summed E-state index contributed by atoms with van der Waals surface area (Å²) in [4.78, 5) is 16.7. The minimum absolute atomic E-state index is 0. The molecule has 6 nitrogen and oxygen atoms in total. The van der Waals surface area contributed by atoms with Gasteiger partial charge in [0.15, 0.2) is 0 Å². The molecule has 2 unspecified atom stereocenters. The molecule has 0 aliphatic carbocycles. The molecule has 3 aromatic rings. The molecule has 10 heteroatoms. The molecule has 2 aliphatic rings. The fraction of sp³-hybridized carbons (Fsp3) is 0.375. The molecule has 8 bridgehead atoms. The van der Waals surface area contributed by atoms with Gasteiger partial charge in [-0.15, -0.1) is 0 Å². The summed E-state index contributed by atoms with van der Waals surface area (Å²) in [7, 11) is 0. The third-order valence-electron chi connectivity index (χ3n) is 7.02. The Morgan fingerprint density at radius 1 is 0.690 bits per heavy atom. The maximum absolute atomic E-state index is 12.6. The third-order valence-corrected chi connectivity index (χ3v) is 7.02. The maximum Gasteiger partial charge on any atom is 0.0895 e. The van der Waals surface area contributed by atoms with E-state index in [1.54, 1.807) is 0 Å². The van der Waals surface area contributed by atoms with E-state index in [0.717, 1.165) is 56.0 Å². The van der Waals surface area contributed by atoms with Gasteiger partial charge < -0.3 is 19.4 Å². The number of H-pyrrole nitrogens is 2. The number of rotatable bonds is 12. The summed E-state index contributed by atoms with van der Waals surface area (Å²) >= 11 is 0. The molecule has 0 aromatic carbocycles. The van der Waals surface area contributed by atoms with E-state index in [-0.39, 0.29) is 84.7 Å². The smallest absolute Gasteiger partial charge is 0.0895 e. The topological polar surface area (TPSA) is 75.8 Å². The zero-order valence-electron chi connectivity index (χ0n) is 25.1. The van der Waals surface area contributed by atoms with E-state index in [2.05, 4.69) is 16.0 Å². The van der Waals surface area contributed by atoms with Gasteiger partial charge in [0.25, 0.3) is 0 Å². The summed E-state index contributed by atoms with van der Waals surface area (Å²) in [6.07, 6.45) is 7.97. The second-order valence-electron chi connectivity index (χ2n) is 10.2. The number of nitrogens with one attached hydrogen (secondary N) is 2. The Labute approximate surface area is 290 Å². The monoisotopic (exact) mass is 592 g/mol. The van der Waals surface area contributed by atoms with Crippen LogP contribution in [0.25, 0.3) is 45.9 Å². The number of nitrogens with zero attached hydrogens (tertiary/aromatic N) is 2. The van der Waals surface area contributed by atoms with Gasteiger partial charge in [-0.1, -0.05) is 0 Å². The molecule has 212 valence electrons. The summed E-state index contributed by atoms with van der Waals surface area (Å²) in [5.74, 6) is 0. The number of aromatic amines is 2. The van der Waals surface area contributed by atoms with E-state index in [4.69, 9.17) is 19.4 Å². The molecular weight excluding hydrogens is 556 g/mol. The van der Waals surface area contributed by atoms with Crippen LogP contribution in [0.2, 0.25) is 0 Å². The fourth-order valence-corrected chi connectivity index (χ4v) is 4.89. The summed E-state index contributed by atoms with van der Waals surface area (Å²) < 4.78 is 37.3. The van der Waals surface area contributed by atoms with Gasteiger partial charge in [-0.25, -0.2) is 9.97 Å². The van der Waals surface area contributed by atoms with E-state index in [1.165, 1.54) is 0 Å². The number of unbranched alkanes of at least 4 members (excludes halogenated alkanes) is 2. The van der Waals surface area contributed by atoms with Crippen LogP contribution in [0.3, 0.4) is 0 Å². The number of hydrogen-bond donors (Lipinski definition) is 2. The van der Waals surface area contributed by atoms with Gasteiger partial charge in [0.05, 0.1) is 48.3 Å². The van der Waals surface area contributed by atoms with Gasteiger partial charge in [-0.05, 0) is 100 Å². The predicted octanol–water partition coefficient (Wildman–Crippen LogP) is 7.25. The second-order valence-corrected chi connectivity index (χ2v) is 10.2. The van der Waals surface area contributed by atoms with Crippen molar-refractivity contribution in [3.05, 3.63) is 70.8 Å². The minimum atomic E-state index is -0.336. The van der Waals surface area contributed by atoms with Gasteiger partial charge in [0.2, 0.25) is 0 Å². The normalized spacial score (nSPS) is 13.7. The molecule has 0 amide bonds.